The lowest BCUT2D eigenvalue weighted by Gasteiger charge is -2.29. The minimum atomic E-state index is -4.82. The number of nitrogens with zero attached hydrogens (tertiary/aromatic N) is 4. The van der Waals surface area contributed by atoms with E-state index in [0.717, 1.165) is 51.4 Å². The zero-order valence-corrected chi connectivity index (χ0v) is 18.3. The molecule has 3 heterocycles. The van der Waals surface area contributed by atoms with Crippen molar-refractivity contribution in [2.75, 3.05) is 32.0 Å². The summed E-state index contributed by atoms with van der Waals surface area (Å²) in [5.74, 6) is 2.00. The molecule has 4 atom stereocenters. The van der Waals surface area contributed by atoms with E-state index in [4.69, 9.17) is 15.5 Å². The number of fused-ring (bicyclic) bond motifs is 1. The molecule has 1 aliphatic heterocycles. The lowest BCUT2D eigenvalue weighted by Crippen LogP contribution is -2.36. The van der Waals surface area contributed by atoms with Crippen molar-refractivity contribution in [3.05, 3.63) is 24.3 Å². The van der Waals surface area contributed by atoms with E-state index in [1.54, 1.807) is 0 Å². The lowest BCUT2D eigenvalue weighted by molar-refractivity contribution is -0.274. The third kappa shape index (κ3) is 4.19. The summed E-state index contributed by atoms with van der Waals surface area (Å²) in [6, 6.07) is 2.35. The Morgan fingerprint density at radius 2 is 1.91 bits per heavy atom. The van der Waals surface area contributed by atoms with Gasteiger partial charge in [0.25, 0.3) is 0 Å². The highest BCUT2D eigenvalue weighted by atomic mass is 19.4. The van der Waals surface area contributed by atoms with Gasteiger partial charge in [-0.25, -0.2) is 9.97 Å². The van der Waals surface area contributed by atoms with Crippen LogP contribution in [0.4, 0.5) is 19.0 Å². The smallest absolute Gasteiger partial charge is 0.402 e. The van der Waals surface area contributed by atoms with Gasteiger partial charge >= 0.3 is 6.36 Å². The van der Waals surface area contributed by atoms with Crippen molar-refractivity contribution in [3.8, 4) is 17.0 Å². The quantitative estimate of drug-likeness (QED) is 0.723. The van der Waals surface area contributed by atoms with Crippen LogP contribution in [-0.4, -0.2) is 58.1 Å². The minimum absolute atomic E-state index is 0.292. The van der Waals surface area contributed by atoms with Gasteiger partial charge < -0.3 is 19.8 Å². The standard InChI is InChI=1S/C23H28F3N5O2/c24-23(25,26)33-19-8-14(11-28-21(19)27)18-12-31(22(29-18)13-2-3-13)20-16-9-15(10-17(16)20)30-4-1-6-32-7-5-30/h8,11-13,15-17,20H,1-7,9-10H2,(H2,27,28)/t15?,16-,17+,20+. The third-order valence-corrected chi connectivity index (χ3v) is 7.58. The second-order valence-electron chi connectivity index (χ2n) is 9.77. The summed E-state index contributed by atoms with van der Waals surface area (Å²) < 4.78 is 50.2. The second kappa shape index (κ2) is 7.87. The number of anilines is 1. The molecule has 33 heavy (non-hydrogen) atoms. The van der Waals surface area contributed by atoms with Gasteiger partial charge in [0.15, 0.2) is 11.6 Å². The highest BCUT2D eigenvalue weighted by Crippen LogP contribution is 2.62. The van der Waals surface area contributed by atoms with Crippen molar-refractivity contribution in [2.45, 2.75) is 56.5 Å². The Labute approximate surface area is 190 Å². The normalized spacial score (nSPS) is 30.2. The predicted octanol–water partition coefficient (Wildman–Crippen LogP) is 3.98. The van der Waals surface area contributed by atoms with Crippen molar-refractivity contribution in [1.29, 1.82) is 0 Å². The van der Waals surface area contributed by atoms with Gasteiger partial charge in [-0.15, -0.1) is 13.2 Å². The highest BCUT2D eigenvalue weighted by Gasteiger charge is 2.58. The Morgan fingerprint density at radius 1 is 1.12 bits per heavy atom. The Hall–Kier alpha value is -2.33. The van der Waals surface area contributed by atoms with Gasteiger partial charge in [0.1, 0.15) is 5.82 Å². The molecule has 1 unspecified atom stereocenters. The van der Waals surface area contributed by atoms with E-state index in [1.807, 2.05) is 6.20 Å². The lowest BCUT2D eigenvalue weighted by atomic mass is 10.1. The zero-order valence-electron chi connectivity index (χ0n) is 18.3. The van der Waals surface area contributed by atoms with Gasteiger partial charge in [0, 0.05) is 55.7 Å². The van der Waals surface area contributed by atoms with E-state index in [9.17, 15) is 13.2 Å². The van der Waals surface area contributed by atoms with Crippen molar-refractivity contribution < 1.29 is 22.6 Å². The van der Waals surface area contributed by atoms with Crippen LogP contribution < -0.4 is 10.5 Å². The maximum absolute atomic E-state index is 12.7. The molecule has 0 bridgehead atoms. The van der Waals surface area contributed by atoms with Gasteiger partial charge in [-0.1, -0.05) is 0 Å². The molecule has 10 heteroatoms. The third-order valence-electron chi connectivity index (χ3n) is 7.58. The maximum Gasteiger partial charge on any atom is 0.573 e. The molecule has 0 aromatic carbocycles. The predicted molar refractivity (Wildman–Crippen MR) is 115 cm³/mol. The Kier molecular flexibility index (Phi) is 5.06. The number of hydrogen-bond donors (Lipinski definition) is 1. The number of nitrogens with two attached hydrogens (primary N) is 1. The fourth-order valence-corrected chi connectivity index (χ4v) is 5.85. The second-order valence-corrected chi connectivity index (χ2v) is 9.77. The number of rotatable bonds is 5. The molecule has 178 valence electrons. The molecule has 2 aromatic rings. The summed E-state index contributed by atoms with van der Waals surface area (Å²) in [6.45, 7) is 3.81. The molecule has 3 aliphatic carbocycles. The average molecular weight is 464 g/mol. The number of imidazole rings is 1. The fraction of sp³-hybridized carbons (Fsp3) is 0.652. The highest BCUT2D eigenvalue weighted by molar-refractivity contribution is 5.64. The zero-order chi connectivity index (χ0) is 22.7. The molecule has 1 saturated heterocycles. The van der Waals surface area contributed by atoms with E-state index < -0.39 is 12.1 Å². The number of halogens is 3. The molecule has 0 amide bonds. The van der Waals surface area contributed by atoms with Crippen LogP contribution in [0.1, 0.15) is 49.9 Å². The molecule has 7 nitrogen and oxygen atoms in total. The van der Waals surface area contributed by atoms with E-state index in [0.29, 0.717) is 41.1 Å². The van der Waals surface area contributed by atoms with Crippen LogP contribution in [0.5, 0.6) is 5.75 Å². The number of nitrogen functional groups attached to an aromatic ring is 1. The van der Waals surface area contributed by atoms with Crippen LogP contribution in [0.15, 0.2) is 18.5 Å². The van der Waals surface area contributed by atoms with Gasteiger partial charge in [0.2, 0.25) is 0 Å². The van der Waals surface area contributed by atoms with Gasteiger partial charge in [-0.05, 0) is 50.0 Å². The van der Waals surface area contributed by atoms with E-state index in [1.165, 1.54) is 25.1 Å². The first-order valence-electron chi connectivity index (χ1n) is 11.8. The summed E-state index contributed by atoms with van der Waals surface area (Å²) in [7, 11) is 0. The number of aromatic nitrogens is 3. The maximum atomic E-state index is 12.7. The molecular weight excluding hydrogens is 435 g/mol. The molecule has 4 fully saturated rings. The van der Waals surface area contributed by atoms with Gasteiger partial charge in [0.05, 0.1) is 12.3 Å². The van der Waals surface area contributed by atoms with Crippen LogP contribution in [0.3, 0.4) is 0 Å². The van der Waals surface area contributed by atoms with Crippen molar-refractivity contribution >= 4 is 5.82 Å². The summed E-state index contributed by atoms with van der Waals surface area (Å²) in [6.07, 6.45) is 4.34. The first-order valence-corrected chi connectivity index (χ1v) is 11.8. The fourth-order valence-electron chi connectivity index (χ4n) is 5.85. The van der Waals surface area contributed by atoms with Gasteiger partial charge in [-0.2, -0.15) is 0 Å². The van der Waals surface area contributed by atoms with Crippen LogP contribution >= 0.6 is 0 Å². The van der Waals surface area contributed by atoms with E-state index in [2.05, 4.69) is 19.2 Å². The first kappa shape index (κ1) is 21.2. The van der Waals surface area contributed by atoms with E-state index >= 15 is 0 Å². The summed E-state index contributed by atoms with van der Waals surface area (Å²) in [5.41, 5.74) is 6.71. The van der Waals surface area contributed by atoms with Crippen LogP contribution in [0, 0.1) is 11.8 Å². The Morgan fingerprint density at radius 3 is 2.64 bits per heavy atom. The number of ether oxygens (including phenoxy) is 2. The Balaban J connectivity index is 1.22. The summed E-state index contributed by atoms with van der Waals surface area (Å²) >= 11 is 0. The van der Waals surface area contributed by atoms with Crippen LogP contribution in [0.2, 0.25) is 0 Å². The van der Waals surface area contributed by atoms with Crippen LogP contribution in [-0.2, 0) is 4.74 Å². The summed E-state index contributed by atoms with van der Waals surface area (Å²) in [5, 5.41) is 0. The molecule has 0 spiro atoms. The molecular formula is C23H28F3N5O2. The van der Waals surface area contributed by atoms with E-state index in [-0.39, 0.29) is 5.82 Å². The molecule has 3 saturated carbocycles. The minimum Gasteiger partial charge on any atom is -0.402 e. The van der Waals surface area contributed by atoms with Gasteiger partial charge in [-0.3, -0.25) is 4.90 Å². The average Bonchev–Trinajstić information content (AvgIpc) is 3.66. The summed E-state index contributed by atoms with van der Waals surface area (Å²) in [4.78, 5) is 11.3. The molecule has 2 N–H and O–H groups in total. The molecule has 6 rings (SSSR count). The SMILES string of the molecule is Nc1ncc(-c2cn([C@H]3[C@@H]4CC(N5CCCOCC5)C[C@@H]43)c(C3CC3)n2)cc1OC(F)(F)F. The number of hydrogen-bond acceptors (Lipinski definition) is 6. The van der Waals surface area contributed by atoms with Crippen molar-refractivity contribution in [3.63, 3.8) is 0 Å². The topological polar surface area (TPSA) is 78.4 Å². The van der Waals surface area contributed by atoms with Crippen LogP contribution in [0.25, 0.3) is 11.3 Å². The first-order chi connectivity index (χ1) is 15.9. The Bertz CT molecular complexity index is 1020. The molecule has 4 aliphatic rings. The molecule has 0 radical (unpaired) electrons. The monoisotopic (exact) mass is 463 g/mol. The van der Waals surface area contributed by atoms with Crippen molar-refractivity contribution in [1.82, 2.24) is 19.4 Å². The molecule has 2 aromatic heterocycles. The number of pyridine rings is 1. The van der Waals surface area contributed by atoms with Crippen molar-refractivity contribution in [2.24, 2.45) is 11.8 Å². The number of alkyl halides is 3. The largest absolute Gasteiger partial charge is 0.573 e.